The molecule has 0 saturated heterocycles. The molecule has 0 aliphatic heterocycles. The van der Waals surface area contributed by atoms with Gasteiger partial charge in [0, 0.05) is 0 Å². The van der Waals surface area contributed by atoms with E-state index in [4.69, 9.17) is 10.5 Å². The zero-order valence-electron chi connectivity index (χ0n) is 10.7. The third kappa shape index (κ3) is 2.20. The third-order valence-corrected chi connectivity index (χ3v) is 3.52. The quantitative estimate of drug-likeness (QED) is 0.743. The van der Waals surface area contributed by atoms with Gasteiger partial charge in [0.15, 0.2) is 15.9 Å². The molecule has 20 heavy (non-hydrogen) atoms. The minimum atomic E-state index is 0.163. The van der Waals surface area contributed by atoms with Crippen molar-refractivity contribution >= 4 is 33.0 Å². The van der Waals surface area contributed by atoms with E-state index in [9.17, 15) is 0 Å². The standard InChI is InChI=1S/C13H12BrN5O/c1-20-11-9-10(17-13(15)18-11)19(12(14)16-9)7-8-5-3-2-4-6-8/h2-6H,7H2,1H3,(H2,15,17,18). The van der Waals surface area contributed by atoms with Crippen LogP contribution in [0.25, 0.3) is 11.2 Å². The Morgan fingerprint density at radius 2 is 1.95 bits per heavy atom. The van der Waals surface area contributed by atoms with E-state index in [2.05, 4.69) is 30.9 Å². The van der Waals surface area contributed by atoms with E-state index in [0.717, 1.165) is 5.56 Å². The number of benzene rings is 1. The topological polar surface area (TPSA) is 78.8 Å². The van der Waals surface area contributed by atoms with E-state index in [1.165, 1.54) is 7.11 Å². The van der Waals surface area contributed by atoms with E-state index in [1.807, 2.05) is 34.9 Å². The van der Waals surface area contributed by atoms with E-state index in [1.54, 1.807) is 0 Å². The maximum Gasteiger partial charge on any atom is 0.247 e. The zero-order chi connectivity index (χ0) is 14.1. The molecule has 2 N–H and O–H groups in total. The number of nitrogens with zero attached hydrogens (tertiary/aromatic N) is 4. The van der Waals surface area contributed by atoms with Gasteiger partial charge in [0.25, 0.3) is 0 Å². The monoisotopic (exact) mass is 333 g/mol. The lowest BCUT2D eigenvalue weighted by atomic mass is 10.2. The van der Waals surface area contributed by atoms with Crippen LogP contribution in [0.1, 0.15) is 5.56 Å². The van der Waals surface area contributed by atoms with E-state index >= 15 is 0 Å². The SMILES string of the molecule is COc1nc(N)nc2c1nc(Br)n2Cc1ccccc1. The van der Waals surface area contributed by atoms with Gasteiger partial charge in [-0.15, -0.1) is 0 Å². The summed E-state index contributed by atoms with van der Waals surface area (Å²) in [6.07, 6.45) is 0. The van der Waals surface area contributed by atoms with Crippen LogP contribution in [0.15, 0.2) is 35.1 Å². The second-order valence-corrected chi connectivity index (χ2v) is 4.93. The van der Waals surface area contributed by atoms with Crippen LogP contribution in [0.5, 0.6) is 5.88 Å². The molecule has 2 aromatic heterocycles. The number of rotatable bonds is 3. The van der Waals surface area contributed by atoms with Crippen LogP contribution in [0.2, 0.25) is 0 Å². The van der Waals surface area contributed by atoms with Gasteiger partial charge >= 0.3 is 0 Å². The summed E-state index contributed by atoms with van der Waals surface area (Å²) in [4.78, 5) is 12.7. The number of ether oxygens (including phenoxy) is 1. The first-order chi connectivity index (χ1) is 9.69. The molecule has 2 heterocycles. The molecule has 3 rings (SSSR count). The van der Waals surface area contributed by atoms with Gasteiger partial charge in [-0.1, -0.05) is 30.3 Å². The van der Waals surface area contributed by atoms with Crippen molar-refractivity contribution in [2.24, 2.45) is 0 Å². The number of anilines is 1. The maximum atomic E-state index is 5.71. The number of hydrogen-bond donors (Lipinski definition) is 1. The summed E-state index contributed by atoms with van der Waals surface area (Å²) in [7, 11) is 1.53. The first-order valence-electron chi connectivity index (χ1n) is 5.96. The molecule has 0 aliphatic rings. The van der Waals surface area contributed by atoms with Crippen molar-refractivity contribution in [1.82, 2.24) is 19.5 Å². The predicted octanol–water partition coefficient (Wildman–Crippen LogP) is 2.23. The summed E-state index contributed by atoms with van der Waals surface area (Å²) < 4.78 is 7.78. The molecule has 0 fully saturated rings. The summed E-state index contributed by atoms with van der Waals surface area (Å²) in [6.45, 7) is 0.636. The van der Waals surface area contributed by atoms with Gasteiger partial charge in [-0.2, -0.15) is 9.97 Å². The second kappa shape index (κ2) is 5.09. The Morgan fingerprint density at radius 3 is 2.65 bits per heavy atom. The highest BCUT2D eigenvalue weighted by Crippen LogP contribution is 2.26. The van der Waals surface area contributed by atoms with Crippen molar-refractivity contribution < 1.29 is 4.74 Å². The van der Waals surface area contributed by atoms with Crippen molar-refractivity contribution in [2.75, 3.05) is 12.8 Å². The normalized spacial score (nSPS) is 10.9. The number of nitrogens with two attached hydrogens (primary N) is 1. The molecule has 0 amide bonds. The van der Waals surface area contributed by atoms with E-state index in [0.29, 0.717) is 28.3 Å². The molecule has 0 radical (unpaired) electrons. The third-order valence-electron chi connectivity index (χ3n) is 2.91. The smallest absolute Gasteiger partial charge is 0.247 e. The highest BCUT2D eigenvalue weighted by atomic mass is 79.9. The Labute approximate surface area is 123 Å². The van der Waals surface area contributed by atoms with E-state index in [-0.39, 0.29) is 5.95 Å². The number of fused-ring (bicyclic) bond motifs is 1. The van der Waals surface area contributed by atoms with Crippen LogP contribution < -0.4 is 10.5 Å². The lowest BCUT2D eigenvalue weighted by Gasteiger charge is -2.06. The molecule has 0 spiro atoms. The van der Waals surface area contributed by atoms with Crippen molar-refractivity contribution in [3.63, 3.8) is 0 Å². The van der Waals surface area contributed by atoms with Crippen molar-refractivity contribution in [3.8, 4) is 5.88 Å². The first-order valence-corrected chi connectivity index (χ1v) is 6.75. The molecule has 0 unspecified atom stereocenters. The van der Waals surface area contributed by atoms with Gasteiger partial charge in [-0.25, -0.2) is 4.98 Å². The number of imidazole rings is 1. The fourth-order valence-corrected chi connectivity index (χ4v) is 2.48. The van der Waals surface area contributed by atoms with Gasteiger partial charge in [-0.3, -0.25) is 4.57 Å². The van der Waals surface area contributed by atoms with Gasteiger partial charge in [0.2, 0.25) is 11.8 Å². The first kappa shape index (κ1) is 12.9. The minimum Gasteiger partial charge on any atom is -0.479 e. The molecule has 0 atom stereocenters. The van der Waals surface area contributed by atoms with Gasteiger partial charge in [0.1, 0.15) is 0 Å². The summed E-state index contributed by atoms with van der Waals surface area (Å²) in [5, 5.41) is 0. The molecule has 3 aromatic rings. The van der Waals surface area contributed by atoms with Crippen LogP contribution in [0.4, 0.5) is 5.95 Å². The van der Waals surface area contributed by atoms with Gasteiger partial charge < -0.3 is 10.5 Å². The second-order valence-electron chi connectivity index (χ2n) is 4.22. The number of nitrogen functional groups attached to an aromatic ring is 1. The molecule has 6 nitrogen and oxygen atoms in total. The predicted molar refractivity (Wildman–Crippen MR) is 79.5 cm³/mol. The highest BCUT2D eigenvalue weighted by Gasteiger charge is 2.16. The molecular formula is C13H12BrN5O. The van der Waals surface area contributed by atoms with Crippen LogP contribution in [0.3, 0.4) is 0 Å². The molecule has 0 aliphatic carbocycles. The summed E-state index contributed by atoms with van der Waals surface area (Å²) in [5.74, 6) is 0.538. The van der Waals surface area contributed by atoms with Gasteiger partial charge in [-0.05, 0) is 21.5 Å². The fraction of sp³-hybridized carbons (Fsp3) is 0.154. The Morgan fingerprint density at radius 1 is 1.20 bits per heavy atom. The molecule has 1 aromatic carbocycles. The number of halogens is 1. The van der Waals surface area contributed by atoms with Crippen LogP contribution in [-0.4, -0.2) is 26.6 Å². The number of hydrogen-bond acceptors (Lipinski definition) is 5. The van der Waals surface area contributed by atoms with E-state index < -0.39 is 0 Å². The molecule has 0 saturated carbocycles. The Kier molecular flexibility index (Phi) is 3.27. The lowest BCUT2D eigenvalue weighted by Crippen LogP contribution is -2.04. The van der Waals surface area contributed by atoms with Crippen molar-refractivity contribution in [2.45, 2.75) is 6.54 Å². The zero-order valence-corrected chi connectivity index (χ0v) is 12.3. The van der Waals surface area contributed by atoms with Crippen LogP contribution >= 0.6 is 15.9 Å². The Hall–Kier alpha value is -2.15. The average molecular weight is 334 g/mol. The summed E-state index contributed by atoms with van der Waals surface area (Å²) >= 11 is 3.44. The molecule has 0 bridgehead atoms. The number of methoxy groups -OCH3 is 1. The van der Waals surface area contributed by atoms with Gasteiger partial charge in [0.05, 0.1) is 13.7 Å². The van der Waals surface area contributed by atoms with Crippen LogP contribution in [0, 0.1) is 0 Å². The van der Waals surface area contributed by atoms with Crippen molar-refractivity contribution in [1.29, 1.82) is 0 Å². The summed E-state index contributed by atoms with van der Waals surface area (Å²) in [5.41, 5.74) is 8.09. The van der Waals surface area contributed by atoms with Crippen LogP contribution in [-0.2, 0) is 6.54 Å². The fourth-order valence-electron chi connectivity index (χ4n) is 2.01. The number of aromatic nitrogens is 4. The molecular weight excluding hydrogens is 322 g/mol. The molecule has 102 valence electrons. The minimum absolute atomic E-state index is 0.163. The molecule has 7 heteroatoms. The average Bonchev–Trinajstić information content (AvgIpc) is 2.76. The van der Waals surface area contributed by atoms with Crippen molar-refractivity contribution in [3.05, 3.63) is 40.6 Å². The summed E-state index contributed by atoms with van der Waals surface area (Å²) in [6, 6.07) is 10.0. The Balaban J connectivity index is 2.15. The Bertz CT molecular complexity index is 756. The highest BCUT2D eigenvalue weighted by molar-refractivity contribution is 9.10. The largest absolute Gasteiger partial charge is 0.479 e. The lowest BCUT2D eigenvalue weighted by molar-refractivity contribution is 0.402. The maximum absolute atomic E-state index is 5.71.